The van der Waals surface area contributed by atoms with E-state index in [-0.39, 0.29) is 15.9 Å². The maximum absolute atomic E-state index is 12.6. The molecule has 0 bridgehead atoms. The Bertz CT molecular complexity index is 612. The van der Waals surface area contributed by atoms with Crippen molar-refractivity contribution in [2.75, 3.05) is 13.1 Å². The SMILES string of the molecule is CC1(C)CCN(S(=O)(=O)c2ccccc2C(=O)O)CC1. The summed E-state index contributed by atoms with van der Waals surface area (Å²) in [5, 5.41) is 9.13. The average molecular weight is 297 g/mol. The van der Waals surface area contributed by atoms with Crippen molar-refractivity contribution in [2.24, 2.45) is 5.41 Å². The molecule has 1 heterocycles. The van der Waals surface area contributed by atoms with Crippen LogP contribution in [0, 0.1) is 5.41 Å². The summed E-state index contributed by atoms with van der Waals surface area (Å²) in [6.07, 6.45) is 1.56. The van der Waals surface area contributed by atoms with Crippen LogP contribution in [-0.2, 0) is 10.0 Å². The molecular weight excluding hydrogens is 278 g/mol. The van der Waals surface area contributed by atoms with Crippen LogP contribution in [0.15, 0.2) is 29.2 Å². The average Bonchev–Trinajstić information content (AvgIpc) is 2.38. The lowest BCUT2D eigenvalue weighted by Crippen LogP contribution is -2.41. The van der Waals surface area contributed by atoms with Gasteiger partial charge in [-0.2, -0.15) is 4.31 Å². The molecule has 1 aliphatic rings. The number of hydrogen-bond donors (Lipinski definition) is 1. The summed E-state index contributed by atoms with van der Waals surface area (Å²) in [4.78, 5) is 11.1. The molecular formula is C14H19NO4S. The Morgan fingerprint density at radius 3 is 2.30 bits per heavy atom. The molecule has 0 radical (unpaired) electrons. The summed E-state index contributed by atoms with van der Waals surface area (Å²) in [5.41, 5.74) is -0.0319. The van der Waals surface area contributed by atoms with Gasteiger partial charge in [-0.25, -0.2) is 13.2 Å². The Morgan fingerprint density at radius 2 is 1.75 bits per heavy atom. The van der Waals surface area contributed by atoms with Crippen LogP contribution in [0.5, 0.6) is 0 Å². The molecule has 1 saturated heterocycles. The number of carbonyl (C=O) groups is 1. The standard InChI is InChI=1S/C14H19NO4S/c1-14(2)7-9-15(10-8-14)20(18,19)12-6-4-3-5-11(12)13(16)17/h3-6H,7-10H2,1-2H3,(H,16,17). The van der Waals surface area contributed by atoms with E-state index in [0.29, 0.717) is 13.1 Å². The van der Waals surface area contributed by atoms with Crippen LogP contribution in [0.1, 0.15) is 37.0 Å². The molecule has 1 aromatic carbocycles. The van der Waals surface area contributed by atoms with Crippen molar-refractivity contribution in [3.05, 3.63) is 29.8 Å². The largest absolute Gasteiger partial charge is 0.478 e. The zero-order chi connectivity index (χ0) is 15.0. The van der Waals surface area contributed by atoms with Gasteiger partial charge in [-0.05, 0) is 30.4 Å². The van der Waals surface area contributed by atoms with Crippen molar-refractivity contribution in [3.63, 3.8) is 0 Å². The molecule has 0 unspecified atom stereocenters. The van der Waals surface area contributed by atoms with E-state index >= 15 is 0 Å². The fraction of sp³-hybridized carbons (Fsp3) is 0.500. The molecule has 20 heavy (non-hydrogen) atoms. The van der Waals surface area contributed by atoms with E-state index in [1.54, 1.807) is 6.07 Å². The Kier molecular flexibility index (Phi) is 3.88. The number of hydrogen-bond acceptors (Lipinski definition) is 3. The summed E-state index contributed by atoms with van der Waals surface area (Å²) in [6.45, 7) is 5.09. The van der Waals surface area contributed by atoms with Crippen molar-refractivity contribution >= 4 is 16.0 Å². The third-order valence-electron chi connectivity index (χ3n) is 3.81. The van der Waals surface area contributed by atoms with Gasteiger partial charge in [0.2, 0.25) is 10.0 Å². The zero-order valence-corrected chi connectivity index (χ0v) is 12.5. The van der Waals surface area contributed by atoms with Crippen molar-refractivity contribution in [1.29, 1.82) is 0 Å². The summed E-state index contributed by atoms with van der Waals surface area (Å²) >= 11 is 0. The molecule has 1 aromatic rings. The van der Waals surface area contributed by atoms with Gasteiger partial charge in [-0.1, -0.05) is 26.0 Å². The van der Waals surface area contributed by atoms with Gasteiger partial charge < -0.3 is 5.11 Å². The van der Waals surface area contributed by atoms with E-state index < -0.39 is 16.0 Å². The highest BCUT2D eigenvalue weighted by Crippen LogP contribution is 2.32. The molecule has 5 nitrogen and oxygen atoms in total. The van der Waals surface area contributed by atoms with Crippen LogP contribution < -0.4 is 0 Å². The van der Waals surface area contributed by atoms with Crippen LogP contribution in [-0.4, -0.2) is 36.9 Å². The number of nitrogens with zero attached hydrogens (tertiary/aromatic N) is 1. The molecule has 1 aliphatic heterocycles. The molecule has 0 amide bonds. The lowest BCUT2D eigenvalue weighted by atomic mass is 9.83. The first-order valence-corrected chi connectivity index (χ1v) is 8.00. The highest BCUT2D eigenvalue weighted by Gasteiger charge is 2.34. The first-order chi connectivity index (χ1) is 9.24. The predicted octanol–water partition coefficient (Wildman–Crippen LogP) is 2.20. The minimum atomic E-state index is -3.74. The number of sulfonamides is 1. The number of aromatic carboxylic acids is 1. The van der Waals surface area contributed by atoms with Crippen LogP contribution >= 0.6 is 0 Å². The number of carboxylic acid groups (broad SMARTS) is 1. The summed E-state index contributed by atoms with van der Waals surface area (Å²) < 4.78 is 26.6. The van der Waals surface area contributed by atoms with E-state index in [1.807, 2.05) is 0 Å². The Morgan fingerprint density at radius 1 is 1.20 bits per heavy atom. The molecule has 0 atom stereocenters. The van der Waals surface area contributed by atoms with E-state index in [2.05, 4.69) is 13.8 Å². The lowest BCUT2D eigenvalue weighted by molar-refractivity contribution is 0.0692. The number of carboxylic acids is 1. The molecule has 6 heteroatoms. The van der Waals surface area contributed by atoms with E-state index in [9.17, 15) is 13.2 Å². The first kappa shape index (κ1) is 15.0. The Hall–Kier alpha value is -1.40. The molecule has 1 N–H and O–H groups in total. The smallest absolute Gasteiger partial charge is 0.337 e. The summed E-state index contributed by atoms with van der Waals surface area (Å²) in [6, 6.07) is 5.76. The third kappa shape index (κ3) is 2.86. The maximum Gasteiger partial charge on any atom is 0.337 e. The lowest BCUT2D eigenvalue weighted by Gasteiger charge is -2.36. The van der Waals surface area contributed by atoms with Crippen molar-refractivity contribution in [3.8, 4) is 0 Å². The van der Waals surface area contributed by atoms with E-state index in [0.717, 1.165) is 12.8 Å². The van der Waals surface area contributed by atoms with Gasteiger partial charge in [0.05, 0.1) is 10.5 Å². The van der Waals surface area contributed by atoms with Gasteiger partial charge in [-0.3, -0.25) is 0 Å². The van der Waals surface area contributed by atoms with Crippen molar-refractivity contribution in [2.45, 2.75) is 31.6 Å². The van der Waals surface area contributed by atoms with E-state index in [1.165, 1.54) is 22.5 Å². The monoisotopic (exact) mass is 297 g/mol. The number of rotatable bonds is 3. The molecule has 0 aliphatic carbocycles. The zero-order valence-electron chi connectivity index (χ0n) is 11.7. The molecule has 1 fully saturated rings. The van der Waals surface area contributed by atoms with Gasteiger partial charge in [-0.15, -0.1) is 0 Å². The number of benzene rings is 1. The highest BCUT2D eigenvalue weighted by molar-refractivity contribution is 7.89. The van der Waals surface area contributed by atoms with Crippen LogP contribution in [0.2, 0.25) is 0 Å². The van der Waals surface area contributed by atoms with Crippen molar-refractivity contribution < 1.29 is 18.3 Å². The first-order valence-electron chi connectivity index (χ1n) is 6.56. The quantitative estimate of drug-likeness (QED) is 0.928. The molecule has 0 spiro atoms. The van der Waals surface area contributed by atoms with Crippen LogP contribution in [0.3, 0.4) is 0 Å². The topological polar surface area (TPSA) is 74.7 Å². The van der Waals surface area contributed by atoms with Gasteiger partial charge in [0.15, 0.2) is 0 Å². The van der Waals surface area contributed by atoms with Crippen molar-refractivity contribution in [1.82, 2.24) is 4.31 Å². The minimum absolute atomic E-state index is 0.118. The summed E-state index contributed by atoms with van der Waals surface area (Å²) in [5.74, 6) is -1.22. The molecule has 0 saturated carbocycles. The fourth-order valence-corrected chi connectivity index (χ4v) is 3.96. The second-order valence-electron chi connectivity index (χ2n) is 5.87. The summed E-state index contributed by atoms with van der Waals surface area (Å²) in [7, 11) is -3.74. The van der Waals surface area contributed by atoms with Gasteiger partial charge in [0, 0.05) is 13.1 Å². The maximum atomic E-state index is 12.6. The predicted molar refractivity (Wildman–Crippen MR) is 75.2 cm³/mol. The molecule has 0 aromatic heterocycles. The van der Waals surface area contributed by atoms with Gasteiger partial charge in [0.25, 0.3) is 0 Å². The van der Waals surface area contributed by atoms with Gasteiger partial charge >= 0.3 is 5.97 Å². The third-order valence-corrected chi connectivity index (χ3v) is 5.77. The fourth-order valence-electron chi connectivity index (χ4n) is 2.34. The minimum Gasteiger partial charge on any atom is -0.478 e. The normalized spacial score (nSPS) is 19.7. The molecule has 2 rings (SSSR count). The van der Waals surface area contributed by atoms with Crippen LogP contribution in [0.4, 0.5) is 0 Å². The number of piperidine rings is 1. The van der Waals surface area contributed by atoms with Crippen LogP contribution in [0.25, 0.3) is 0 Å². The Balaban J connectivity index is 2.35. The van der Waals surface area contributed by atoms with Gasteiger partial charge in [0.1, 0.15) is 0 Å². The second kappa shape index (κ2) is 5.18. The Labute approximate surface area is 119 Å². The highest BCUT2D eigenvalue weighted by atomic mass is 32.2. The van der Waals surface area contributed by atoms with E-state index in [4.69, 9.17) is 5.11 Å². The molecule has 110 valence electrons. The second-order valence-corrected chi connectivity index (χ2v) is 7.78.